The van der Waals surface area contributed by atoms with Gasteiger partial charge in [0.05, 0.1) is 12.2 Å². The molecule has 1 heterocycles. The molecule has 3 rings (SSSR count). The van der Waals surface area contributed by atoms with Crippen LogP contribution in [0.2, 0.25) is 0 Å². The molecule has 2 aromatic carbocycles. The van der Waals surface area contributed by atoms with Crippen LogP contribution in [0.5, 0.6) is 0 Å². The van der Waals surface area contributed by atoms with E-state index < -0.39 is 17.5 Å². The van der Waals surface area contributed by atoms with Gasteiger partial charge < -0.3 is 14.5 Å². The molecule has 0 aliphatic rings. The second-order valence-electron chi connectivity index (χ2n) is 5.69. The van der Waals surface area contributed by atoms with Gasteiger partial charge in [-0.15, -0.1) is 0 Å². The summed E-state index contributed by atoms with van der Waals surface area (Å²) < 4.78 is 10.2. The normalized spacial score (nSPS) is 10.5. The number of hydrogen-bond acceptors (Lipinski definition) is 5. The third-order valence-corrected chi connectivity index (χ3v) is 3.86. The van der Waals surface area contributed by atoms with Gasteiger partial charge in [0.1, 0.15) is 11.1 Å². The van der Waals surface area contributed by atoms with E-state index in [-0.39, 0.29) is 12.2 Å². The van der Waals surface area contributed by atoms with Crippen LogP contribution in [0.4, 0.5) is 5.69 Å². The van der Waals surface area contributed by atoms with Crippen molar-refractivity contribution < 1.29 is 18.7 Å². The smallest absolute Gasteiger partial charge is 0.349 e. The Hall–Kier alpha value is -3.41. The minimum atomic E-state index is -0.701. The zero-order valence-corrected chi connectivity index (χ0v) is 14.4. The first kappa shape index (κ1) is 17.4. The highest BCUT2D eigenvalue weighted by molar-refractivity contribution is 6.05. The molecule has 0 aliphatic carbocycles. The first-order valence-electron chi connectivity index (χ1n) is 8.11. The van der Waals surface area contributed by atoms with Crippen LogP contribution in [0.1, 0.15) is 33.2 Å². The van der Waals surface area contributed by atoms with Crippen molar-refractivity contribution in [1.29, 1.82) is 0 Å². The second-order valence-corrected chi connectivity index (χ2v) is 5.69. The largest absolute Gasteiger partial charge is 0.462 e. The lowest BCUT2D eigenvalue weighted by Gasteiger charge is -2.07. The molecule has 0 saturated carbocycles. The minimum absolute atomic E-state index is 0.0856. The van der Waals surface area contributed by atoms with Crippen LogP contribution in [0.25, 0.3) is 11.0 Å². The Balaban J connectivity index is 1.84. The quantitative estimate of drug-likeness (QED) is 0.574. The molecule has 6 nitrogen and oxygen atoms in total. The van der Waals surface area contributed by atoms with Crippen molar-refractivity contribution in [1.82, 2.24) is 0 Å². The molecular weight excluding hydrogens is 334 g/mol. The zero-order chi connectivity index (χ0) is 18.7. The summed E-state index contributed by atoms with van der Waals surface area (Å²) in [5, 5.41) is 3.30. The second kappa shape index (κ2) is 7.23. The number of fused-ring (bicyclic) bond motifs is 1. The Morgan fingerprint density at radius 1 is 1.12 bits per heavy atom. The van der Waals surface area contributed by atoms with Gasteiger partial charge >= 0.3 is 11.6 Å². The maximum absolute atomic E-state index is 12.4. The van der Waals surface area contributed by atoms with Crippen LogP contribution in [0.3, 0.4) is 0 Å². The molecule has 0 spiro atoms. The molecule has 0 radical (unpaired) electrons. The van der Waals surface area contributed by atoms with Gasteiger partial charge in [0.2, 0.25) is 0 Å². The van der Waals surface area contributed by atoms with E-state index in [0.717, 1.165) is 5.56 Å². The van der Waals surface area contributed by atoms with Gasteiger partial charge in [-0.25, -0.2) is 9.59 Å². The number of ether oxygens (including phenoxy) is 1. The predicted molar refractivity (Wildman–Crippen MR) is 97.6 cm³/mol. The van der Waals surface area contributed by atoms with E-state index in [2.05, 4.69) is 5.32 Å². The Labute approximate surface area is 149 Å². The SMILES string of the molecule is CCOC(=O)c1ccc(NC(=O)c2cc3cccc(C)c3oc2=O)cc1. The van der Waals surface area contributed by atoms with Crippen LogP contribution < -0.4 is 10.9 Å². The highest BCUT2D eigenvalue weighted by Crippen LogP contribution is 2.18. The van der Waals surface area contributed by atoms with Crippen molar-refractivity contribution >= 4 is 28.5 Å². The standard InChI is InChI=1S/C20H17NO5/c1-3-25-19(23)13-7-9-15(10-8-13)21-18(22)16-11-14-6-4-5-12(2)17(14)26-20(16)24/h4-11H,3H2,1-2H3,(H,21,22). The maximum atomic E-state index is 12.4. The van der Waals surface area contributed by atoms with Crippen molar-refractivity contribution in [3.8, 4) is 0 Å². The number of aryl methyl sites for hydroxylation is 1. The van der Waals surface area contributed by atoms with Crippen LogP contribution in [0, 0.1) is 6.92 Å². The Bertz CT molecular complexity index is 1030. The van der Waals surface area contributed by atoms with Gasteiger partial charge in [-0.3, -0.25) is 4.79 Å². The number of carbonyl (C=O) groups excluding carboxylic acids is 2. The first-order chi connectivity index (χ1) is 12.5. The molecule has 132 valence electrons. The molecule has 0 atom stereocenters. The van der Waals surface area contributed by atoms with Crippen LogP contribution in [-0.2, 0) is 4.74 Å². The summed E-state index contributed by atoms with van der Waals surface area (Å²) in [5.41, 5.74) is 1.33. The summed E-state index contributed by atoms with van der Waals surface area (Å²) in [6.45, 7) is 3.84. The molecule has 1 amide bonds. The number of nitrogens with one attached hydrogen (secondary N) is 1. The lowest BCUT2D eigenvalue weighted by Crippen LogP contribution is -2.20. The lowest BCUT2D eigenvalue weighted by atomic mass is 10.1. The number of anilines is 1. The van der Waals surface area contributed by atoms with Crippen molar-refractivity contribution in [2.24, 2.45) is 0 Å². The highest BCUT2D eigenvalue weighted by atomic mass is 16.5. The molecule has 0 bridgehead atoms. The van der Waals surface area contributed by atoms with Crippen LogP contribution >= 0.6 is 0 Å². The highest BCUT2D eigenvalue weighted by Gasteiger charge is 2.15. The fourth-order valence-corrected chi connectivity index (χ4v) is 2.55. The number of para-hydroxylation sites is 1. The molecule has 0 fully saturated rings. The summed E-state index contributed by atoms with van der Waals surface area (Å²) in [4.78, 5) is 36.2. The fraction of sp³-hybridized carbons (Fsp3) is 0.150. The number of rotatable bonds is 4. The molecule has 26 heavy (non-hydrogen) atoms. The zero-order valence-electron chi connectivity index (χ0n) is 14.4. The molecule has 1 aromatic heterocycles. The average molecular weight is 351 g/mol. The van der Waals surface area contributed by atoms with Gasteiger partial charge in [0, 0.05) is 11.1 Å². The first-order valence-corrected chi connectivity index (χ1v) is 8.11. The van der Waals surface area contributed by atoms with E-state index >= 15 is 0 Å². The molecule has 3 aromatic rings. The Morgan fingerprint density at radius 2 is 1.85 bits per heavy atom. The Morgan fingerprint density at radius 3 is 2.54 bits per heavy atom. The molecule has 0 saturated heterocycles. The Kier molecular flexibility index (Phi) is 4.84. The van der Waals surface area contributed by atoms with Gasteiger partial charge in [0.15, 0.2) is 0 Å². The molecule has 0 aliphatic heterocycles. The topological polar surface area (TPSA) is 85.6 Å². The molecule has 1 N–H and O–H groups in total. The molecule has 6 heteroatoms. The number of hydrogen-bond donors (Lipinski definition) is 1. The van der Waals surface area contributed by atoms with Crippen molar-refractivity contribution in [3.63, 3.8) is 0 Å². The summed E-state index contributed by atoms with van der Waals surface area (Å²) in [7, 11) is 0. The van der Waals surface area contributed by atoms with E-state index in [4.69, 9.17) is 9.15 Å². The van der Waals surface area contributed by atoms with Gasteiger partial charge in [-0.05, 0) is 49.7 Å². The number of esters is 1. The third-order valence-electron chi connectivity index (χ3n) is 3.86. The number of benzene rings is 2. The average Bonchev–Trinajstić information content (AvgIpc) is 2.63. The lowest BCUT2D eigenvalue weighted by molar-refractivity contribution is 0.0526. The summed E-state index contributed by atoms with van der Waals surface area (Å²) >= 11 is 0. The van der Waals surface area contributed by atoms with Crippen molar-refractivity contribution in [2.45, 2.75) is 13.8 Å². The van der Waals surface area contributed by atoms with E-state index in [1.165, 1.54) is 6.07 Å². The number of amides is 1. The monoisotopic (exact) mass is 351 g/mol. The van der Waals surface area contributed by atoms with Crippen LogP contribution in [0.15, 0.2) is 57.7 Å². The van der Waals surface area contributed by atoms with Crippen molar-refractivity contribution in [3.05, 3.63) is 75.6 Å². The third kappa shape index (κ3) is 3.49. The van der Waals surface area contributed by atoms with Gasteiger partial charge in [0.25, 0.3) is 5.91 Å². The molecular formula is C20H17NO5. The molecule has 0 unspecified atom stereocenters. The summed E-state index contributed by atoms with van der Waals surface area (Å²) in [6, 6.07) is 13.2. The van der Waals surface area contributed by atoms with E-state index in [9.17, 15) is 14.4 Å². The summed E-state index contributed by atoms with van der Waals surface area (Å²) in [6.07, 6.45) is 0. The van der Waals surface area contributed by atoms with Gasteiger partial charge in [-0.1, -0.05) is 18.2 Å². The van der Waals surface area contributed by atoms with Crippen LogP contribution in [-0.4, -0.2) is 18.5 Å². The maximum Gasteiger partial charge on any atom is 0.349 e. The minimum Gasteiger partial charge on any atom is -0.462 e. The summed E-state index contributed by atoms with van der Waals surface area (Å²) in [5.74, 6) is -1.01. The van der Waals surface area contributed by atoms with E-state index in [0.29, 0.717) is 22.2 Å². The van der Waals surface area contributed by atoms with Gasteiger partial charge in [-0.2, -0.15) is 0 Å². The van der Waals surface area contributed by atoms with Crippen molar-refractivity contribution in [2.75, 3.05) is 11.9 Å². The fourth-order valence-electron chi connectivity index (χ4n) is 2.55. The van der Waals surface area contributed by atoms with E-state index in [1.807, 2.05) is 19.1 Å². The number of carbonyl (C=O) groups is 2. The van der Waals surface area contributed by atoms with E-state index in [1.54, 1.807) is 37.3 Å². The predicted octanol–water partition coefficient (Wildman–Crippen LogP) is 3.53.